The van der Waals surface area contributed by atoms with E-state index in [1.165, 1.54) is 12.1 Å². The quantitative estimate of drug-likeness (QED) is 0.837. The molecule has 3 rings (SSSR count). The van der Waals surface area contributed by atoms with Gasteiger partial charge in [-0.3, -0.25) is 9.52 Å². The molecule has 0 bridgehead atoms. The van der Waals surface area contributed by atoms with Crippen molar-refractivity contribution >= 4 is 27.3 Å². The lowest BCUT2D eigenvalue weighted by atomic mass is 9.93. The molecule has 1 aliphatic rings. The number of ether oxygens (including phenoxy) is 1. The molecule has 6 nitrogen and oxygen atoms in total. The van der Waals surface area contributed by atoms with E-state index >= 15 is 0 Å². The zero-order chi connectivity index (χ0) is 20.7. The monoisotopic (exact) mass is 410 g/mol. The zero-order valence-corrected chi connectivity index (χ0v) is 16.4. The third kappa shape index (κ3) is 3.66. The van der Waals surface area contributed by atoms with Gasteiger partial charge in [-0.05, 0) is 51.1 Å². The lowest BCUT2D eigenvalue weighted by Crippen LogP contribution is -2.42. The van der Waals surface area contributed by atoms with Crippen molar-refractivity contribution in [2.45, 2.75) is 25.7 Å². The molecule has 150 valence electrons. The van der Waals surface area contributed by atoms with Gasteiger partial charge in [0, 0.05) is 12.6 Å². The SMILES string of the molecule is CCN1C(=O)C(C)(C)COc2cc(NS(=O)(=O)c3ccc(F)c(F)c3)ccc21. The van der Waals surface area contributed by atoms with Crippen molar-refractivity contribution in [3.8, 4) is 5.75 Å². The number of carbonyl (C=O) groups is 1. The van der Waals surface area contributed by atoms with Crippen molar-refractivity contribution in [2.75, 3.05) is 22.8 Å². The van der Waals surface area contributed by atoms with Crippen molar-refractivity contribution in [1.82, 2.24) is 0 Å². The summed E-state index contributed by atoms with van der Waals surface area (Å²) in [5.41, 5.74) is -0.0269. The predicted molar refractivity (Wildman–Crippen MR) is 101 cm³/mol. The Balaban J connectivity index is 1.95. The van der Waals surface area contributed by atoms with Gasteiger partial charge in [0.15, 0.2) is 11.6 Å². The highest BCUT2D eigenvalue weighted by Crippen LogP contribution is 2.38. The summed E-state index contributed by atoms with van der Waals surface area (Å²) in [5, 5.41) is 0. The summed E-state index contributed by atoms with van der Waals surface area (Å²) in [4.78, 5) is 13.9. The predicted octanol–water partition coefficient (Wildman–Crippen LogP) is 3.54. The maximum atomic E-state index is 13.4. The number of rotatable bonds is 4. The Morgan fingerprint density at radius 1 is 1.14 bits per heavy atom. The lowest BCUT2D eigenvalue weighted by Gasteiger charge is -2.26. The first-order chi connectivity index (χ1) is 13.0. The van der Waals surface area contributed by atoms with Crippen LogP contribution in [0.2, 0.25) is 0 Å². The molecule has 28 heavy (non-hydrogen) atoms. The normalized spacial score (nSPS) is 16.2. The molecule has 0 saturated heterocycles. The number of carbonyl (C=O) groups excluding carboxylic acids is 1. The number of fused-ring (bicyclic) bond motifs is 1. The molecule has 0 saturated carbocycles. The summed E-state index contributed by atoms with van der Waals surface area (Å²) in [6.07, 6.45) is 0. The number of benzene rings is 2. The lowest BCUT2D eigenvalue weighted by molar-refractivity contribution is -0.127. The molecule has 9 heteroatoms. The van der Waals surface area contributed by atoms with E-state index in [1.807, 2.05) is 6.92 Å². The van der Waals surface area contributed by atoms with Crippen LogP contribution in [0.4, 0.5) is 20.2 Å². The van der Waals surface area contributed by atoms with E-state index < -0.39 is 32.0 Å². The van der Waals surface area contributed by atoms with Crippen LogP contribution in [-0.4, -0.2) is 27.5 Å². The van der Waals surface area contributed by atoms with Gasteiger partial charge < -0.3 is 9.64 Å². The summed E-state index contributed by atoms with van der Waals surface area (Å²) in [5.74, 6) is -2.13. The third-order valence-corrected chi connectivity index (χ3v) is 5.81. The number of anilines is 2. The van der Waals surface area contributed by atoms with Crippen molar-refractivity contribution in [2.24, 2.45) is 5.41 Å². The van der Waals surface area contributed by atoms with Gasteiger partial charge in [-0.2, -0.15) is 0 Å². The Morgan fingerprint density at radius 3 is 2.50 bits per heavy atom. The number of halogens is 2. The average Bonchev–Trinajstić information content (AvgIpc) is 2.72. The fourth-order valence-corrected chi connectivity index (χ4v) is 3.94. The first kappa shape index (κ1) is 20.1. The molecule has 2 aromatic rings. The first-order valence-electron chi connectivity index (χ1n) is 8.62. The topological polar surface area (TPSA) is 75.7 Å². The largest absolute Gasteiger partial charge is 0.490 e. The van der Waals surface area contributed by atoms with E-state index in [2.05, 4.69) is 4.72 Å². The molecule has 0 unspecified atom stereocenters. The molecule has 1 N–H and O–H groups in total. The van der Waals surface area contributed by atoms with E-state index in [0.29, 0.717) is 24.0 Å². The highest BCUT2D eigenvalue weighted by Gasteiger charge is 2.37. The smallest absolute Gasteiger partial charge is 0.262 e. The molecule has 0 spiro atoms. The summed E-state index contributed by atoms with van der Waals surface area (Å²) in [6, 6.07) is 6.86. The van der Waals surface area contributed by atoms with Crippen LogP contribution in [0.25, 0.3) is 0 Å². The van der Waals surface area contributed by atoms with Crippen LogP contribution in [0.1, 0.15) is 20.8 Å². The van der Waals surface area contributed by atoms with E-state index in [4.69, 9.17) is 4.74 Å². The molecule has 0 atom stereocenters. The minimum Gasteiger partial charge on any atom is -0.490 e. The summed E-state index contributed by atoms with van der Waals surface area (Å²) < 4.78 is 59.5. The number of nitrogens with zero attached hydrogens (tertiary/aromatic N) is 1. The number of hydrogen-bond acceptors (Lipinski definition) is 4. The highest BCUT2D eigenvalue weighted by molar-refractivity contribution is 7.92. The second kappa shape index (κ2) is 7.05. The second-order valence-electron chi connectivity index (χ2n) is 7.09. The fraction of sp³-hybridized carbons (Fsp3) is 0.316. The van der Waals surface area contributed by atoms with Crippen LogP contribution in [0.15, 0.2) is 41.3 Å². The molecule has 1 heterocycles. The maximum Gasteiger partial charge on any atom is 0.262 e. The van der Waals surface area contributed by atoms with Crippen molar-refractivity contribution in [3.63, 3.8) is 0 Å². The van der Waals surface area contributed by atoms with Crippen LogP contribution in [0.3, 0.4) is 0 Å². The summed E-state index contributed by atoms with van der Waals surface area (Å²) in [7, 11) is -4.13. The van der Waals surface area contributed by atoms with E-state index in [0.717, 1.165) is 12.1 Å². The molecule has 0 aromatic heterocycles. The number of hydrogen-bond donors (Lipinski definition) is 1. The molecule has 0 radical (unpaired) electrons. The molecule has 1 aliphatic heterocycles. The van der Waals surface area contributed by atoms with Crippen LogP contribution in [-0.2, 0) is 14.8 Å². The van der Waals surface area contributed by atoms with Gasteiger partial charge in [0.1, 0.15) is 12.4 Å². The van der Waals surface area contributed by atoms with Crippen molar-refractivity contribution in [1.29, 1.82) is 0 Å². The molecule has 2 aromatic carbocycles. The van der Waals surface area contributed by atoms with E-state index in [-0.39, 0.29) is 18.2 Å². The van der Waals surface area contributed by atoms with Crippen molar-refractivity contribution < 1.29 is 26.7 Å². The van der Waals surface area contributed by atoms with Gasteiger partial charge in [0.25, 0.3) is 10.0 Å². The summed E-state index contributed by atoms with van der Waals surface area (Å²) in [6.45, 7) is 5.95. The Kier molecular flexibility index (Phi) is 5.05. The van der Waals surface area contributed by atoms with Gasteiger partial charge in [-0.25, -0.2) is 17.2 Å². The number of amides is 1. The molecule has 0 aliphatic carbocycles. The Labute approximate surface area is 162 Å². The second-order valence-corrected chi connectivity index (χ2v) is 8.77. The number of sulfonamides is 1. The maximum absolute atomic E-state index is 13.4. The van der Waals surface area contributed by atoms with Crippen LogP contribution < -0.4 is 14.4 Å². The average molecular weight is 410 g/mol. The van der Waals surface area contributed by atoms with Crippen LogP contribution in [0.5, 0.6) is 5.75 Å². The van der Waals surface area contributed by atoms with Gasteiger partial charge in [-0.1, -0.05) is 0 Å². The Morgan fingerprint density at radius 2 is 1.86 bits per heavy atom. The highest BCUT2D eigenvalue weighted by atomic mass is 32.2. The molecule has 1 amide bonds. The minimum absolute atomic E-state index is 0.0936. The standard InChI is InChI=1S/C19H20F2N2O4S/c1-4-23-16-8-5-12(9-17(16)27-11-19(2,3)18(23)24)22-28(25,26)13-6-7-14(20)15(21)10-13/h5-10,22H,4,11H2,1-3H3. The van der Waals surface area contributed by atoms with Crippen LogP contribution >= 0.6 is 0 Å². The first-order valence-corrected chi connectivity index (χ1v) is 10.1. The molecule has 0 fully saturated rings. The number of nitrogens with one attached hydrogen (secondary N) is 1. The molecular weight excluding hydrogens is 390 g/mol. The molecular formula is C19H20F2N2O4S. The van der Waals surface area contributed by atoms with Gasteiger partial charge in [-0.15, -0.1) is 0 Å². The van der Waals surface area contributed by atoms with E-state index in [1.54, 1.807) is 24.8 Å². The Hall–Kier alpha value is -2.68. The minimum atomic E-state index is -4.13. The van der Waals surface area contributed by atoms with E-state index in [9.17, 15) is 22.0 Å². The van der Waals surface area contributed by atoms with Gasteiger partial charge in [0.05, 0.1) is 21.7 Å². The third-order valence-electron chi connectivity index (χ3n) is 4.43. The summed E-state index contributed by atoms with van der Waals surface area (Å²) >= 11 is 0. The van der Waals surface area contributed by atoms with Gasteiger partial charge >= 0.3 is 0 Å². The van der Waals surface area contributed by atoms with Crippen molar-refractivity contribution in [3.05, 3.63) is 48.0 Å². The zero-order valence-electron chi connectivity index (χ0n) is 15.6. The van der Waals surface area contributed by atoms with Gasteiger partial charge in [0.2, 0.25) is 5.91 Å². The Bertz CT molecular complexity index is 1040. The van der Waals surface area contributed by atoms with Crippen LogP contribution in [0, 0.1) is 17.0 Å². The fourth-order valence-electron chi connectivity index (χ4n) is 2.88.